The zero-order chi connectivity index (χ0) is 15.8. The van der Waals surface area contributed by atoms with E-state index in [1.54, 1.807) is 18.8 Å². The van der Waals surface area contributed by atoms with Crippen LogP contribution in [0.4, 0.5) is 5.69 Å². The monoisotopic (exact) mass is 309 g/mol. The molecule has 2 N–H and O–H groups in total. The van der Waals surface area contributed by atoms with E-state index in [1.807, 2.05) is 60.7 Å². The first-order valence-corrected chi connectivity index (χ1v) is 7.47. The van der Waals surface area contributed by atoms with Crippen molar-refractivity contribution >= 4 is 23.4 Å². The molecule has 0 aromatic heterocycles. The number of hydrogen-bond donors (Lipinski definition) is 2. The minimum atomic E-state index is -0.432. The van der Waals surface area contributed by atoms with Crippen molar-refractivity contribution in [2.45, 2.75) is 9.79 Å². The summed E-state index contributed by atoms with van der Waals surface area (Å²) in [7, 11) is 1.64. The Hall–Kier alpha value is -2.71. The minimum Gasteiger partial charge on any atom is -0.393 e. The lowest BCUT2D eigenvalue weighted by Crippen LogP contribution is -2.15. The maximum atomic E-state index is 12.1. The van der Waals surface area contributed by atoms with E-state index in [9.17, 15) is 4.79 Å². The third-order valence-electron chi connectivity index (χ3n) is 2.76. The summed E-state index contributed by atoms with van der Waals surface area (Å²) in [6, 6.07) is 19.3. The molecule has 0 saturated carbocycles. The molecule has 0 saturated heterocycles. The molecule has 0 unspecified atom stereocenters. The van der Waals surface area contributed by atoms with Gasteiger partial charge in [-0.15, -0.1) is 0 Å². The maximum Gasteiger partial charge on any atom is 0.267 e. The van der Waals surface area contributed by atoms with Crippen LogP contribution in [0.15, 0.2) is 76.2 Å². The Kier molecular flexibility index (Phi) is 5.64. The largest absolute Gasteiger partial charge is 0.393 e. The zero-order valence-corrected chi connectivity index (χ0v) is 12.9. The van der Waals surface area contributed by atoms with Gasteiger partial charge in [-0.3, -0.25) is 4.79 Å². The van der Waals surface area contributed by atoms with Crippen LogP contribution in [0, 0.1) is 11.3 Å². The Labute approximate surface area is 133 Å². The highest BCUT2D eigenvalue weighted by Gasteiger charge is 2.11. The molecule has 0 aliphatic heterocycles. The maximum absolute atomic E-state index is 12.1. The summed E-state index contributed by atoms with van der Waals surface area (Å²) in [5.74, 6) is -0.432. The Morgan fingerprint density at radius 3 is 2.50 bits per heavy atom. The molecule has 0 radical (unpaired) electrons. The van der Waals surface area contributed by atoms with Gasteiger partial charge in [0.25, 0.3) is 5.91 Å². The molecular formula is C17H15N3OS. The average Bonchev–Trinajstić information content (AvgIpc) is 2.55. The van der Waals surface area contributed by atoms with E-state index < -0.39 is 5.91 Å². The average molecular weight is 309 g/mol. The summed E-state index contributed by atoms with van der Waals surface area (Å²) in [6.45, 7) is 0. The van der Waals surface area contributed by atoms with Crippen LogP contribution in [-0.2, 0) is 4.79 Å². The summed E-state index contributed by atoms with van der Waals surface area (Å²) < 4.78 is 0. The normalized spacial score (nSPS) is 10.6. The van der Waals surface area contributed by atoms with Crippen LogP contribution >= 0.6 is 11.8 Å². The summed E-state index contributed by atoms with van der Waals surface area (Å²) in [5.41, 5.74) is 0.709. The minimum absolute atomic E-state index is 0.0296. The number of benzene rings is 2. The van der Waals surface area contributed by atoms with Crippen LogP contribution in [0.2, 0.25) is 0 Å². The smallest absolute Gasteiger partial charge is 0.267 e. The van der Waals surface area contributed by atoms with E-state index in [0.29, 0.717) is 5.69 Å². The Morgan fingerprint density at radius 2 is 1.82 bits per heavy atom. The van der Waals surface area contributed by atoms with Crippen molar-refractivity contribution in [2.75, 3.05) is 12.4 Å². The van der Waals surface area contributed by atoms with Gasteiger partial charge >= 0.3 is 0 Å². The third-order valence-corrected chi connectivity index (χ3v) is 3.84. The number of carbonyl (C=O) groups is 1. The Balaban J connectivity index is 2.20. The fraction of sp³-hybridized carbons (Fsp3) is 0.0588. The van der Waals surface area contributed by atoms with Crippen molar-refractivity contribution in [3.63, 3.8) is 0 Å². The lowest BCUT2D eigenvalue weighted by Gasteiger charge is -2.10. The standard InChI is InChI=1S/C17H15N3OS/c1-19-12-13(11-18)17(21)20-15-9-5-6-10-16(15)22-14-7-3-2-4-8-14/h2-10,12,19H,1H3,(H,20,21)/b13-12-. The molecule has 0 heterocycles. The lowest BCUT2D eigenvalue weighted by molar-refractivity contribution is -0.112. The molecule has 2 rings (SSSR count). The number of rotatable bonds is 5. The SMILES string of the molecule is CN/C=C(/C#N)C(=O)Nc1ccccc1Sc1ccccc1. The number of amides is 1. The van der Waals surface area contributed by atoms with Gasteiger partial charge in [0, 0.05) is 23.0 Å². The van der Waals surface area contributed by atoms with Gasteiger partial charge < -0.3 is 10.6 Å². The van der Waals surface area contributed by atoms with Gasteiger partial charge in [0.15, 0.2) is 0 Å². The van der Waals surface area contributed by atoms with E-state index in [0.717, 1.165) is 9.79 Å². The van der Waals surface area contributed by atoms with Gasteiger partial charge in [-0.05, 0) is 24.3 Å². The quantitative estimate of drug-likeness (QED) is 0.656. The molecule has 0 fully saturated rings. The topological polar surface area (TPSA) is 64.9 Å². The second kappa shape index (κ2) is 7.91. The summed E-state index contributed by atoms with van der Waals surface area (Å²) >= 11 is 1.56. The highest BCUT2D eigenvalue weighted by Crippen LogP contribution is 2.33. The van der Waals surface area contributed by atoms with Crippen LogP contribution in [0.3, 0.4) is 0 Å². The number of anilines is 1. The van der Waals surface area contributed by atoms with Gasteiger partial charge in [0.1, 0.15) is 11.6 Å². The molecule has 22 heavy (non-hydrogen) atoms. The zero-order valence-electron chi connectivity index (χ0n) is 12.0. The number of nitriles is 1. The van der Waals surface area contributed by atoms with E-state index >= 15 is 0 Å². The molecule has 2 aromatic rings. The van der Waals surface area contributed by atoms with Gasteiger partial charge in [-0.1, -0.05) is 42.1 Å². The molecule has 0 bridgehead atoms. The van der Waals surface area contributed by atoms with E-state index in [4.69, 9.17) is 5.26 Å². The molecule has 0 aliphatic carbocycles. The Bertz CT molecular complexity index is 720. The summed E-state index contributed by atoms with van der Waals surface area (Å²) in [5, 5.41) is 14.5. The van der Waals surface area contributed by atoms with E-state index in [2.05, 4.69) is 10.6 Å². The molecule has 0 atom stereocenters. The first-order chi connectivity index (χ1) is 10.7. The molecule has 0 aliphatic rings. The Morgan fingerprint density at radius 1 is 1.14 bits per heavy atom. The highest BCUT2D eigenvalue weighted by atomic mass is 32.2. The van der Waals surface area contributed by atoms with Crippen molar-refractivity contribution in [3.05, 3.63) is 66.4 Å². The van der Waals surface area contributed by atoms with Crippen LogP contribution < -0.4 is 10.6 Å². The number of nitrogens with one attached hydrogen (secondary N) is 2. The predicted molar refractivity (Wildman–Crippen MR) is 88.4 cm³/mol. The van der Waals surface area contributed by atoms with Gasteiger partial charge in [-0.2, -0.15) is 5.26 Å². The molecule has 5 heteroatoms. The fourth-order valence-corrected chi connectivity index (χ4v) is 2.68. The van der Waals surface area contributed by atoms with Gasteiger partial charge in [-0.25, -0.2) is 0 Å². The molecule has 2 aromatic carbocycles. The molecule has 1 amide bonds. The fourth-order valence-electron chi connectivity index (χ4n) is 1.76. The number of carbonyl (C=O) groups excluding carboxylic acids is 1. The summed E-state index contributed by atoms with van der Waals surface area (Å²) in [4.78, 5) is 14.1. The van der Waals surface area contributed by atoms with Crippen LogP contribution in [0.5, 0.6) is 0 Å². The number of nitrogens with zero attached hydrogens (tertiary/aromatic N) is 1. The van der Waals surface area contributed by atoms with E-state index in [1.165, 1.54) is 6.20 Å². The van der Waals surface area contributed by atoms with Crippen LogP contribution in [0.1, 0.15) is 0 Å². The van der Waals surface area contributed by atoms with Crippen molar-refractivity contribution in [2.24, 2.45) is 0 Å². The van der Waals surface area contributed by atoms with E-state index in [-0.39, 0.29) is 5.57 Å². The van der Waals surface area contributed by atoms with Gasteiger partial charge in [0.2, 0.25) is 0 Å². The highest BCUT2D eigenvalue weighted by molar-refractivity contribution is 7.99. The van der Waals surface area contributed by atoms with Crippen LogP contribution in [0.25, 0.3) is 0 Å². The van der Waals surface area contributed by atoms with Crippen molar-refractivity contribution in [1.29, 1.82) is 5.26 Å². The number of para-hydroxylation sites is 1. The number of hydrogen-bond acceptors (Lipinski definition) is 4. The van der Waals surface area contributed by atoms with Crippen LogP contribution in [-0.4, -0.2) is 13.0 Å². The lowest BCUT2D eigenvalue weighted by atomic mass is 10.2. The molecule has 4 nitrogen and oxygen atoms in total. The predicted octanol–water partition coefficient (Wildman–Crippen LogP) is 3.40. The summed E-state index contributed by atoms with van der Waals surface area (Å²) in [6.07, 6.45) is 1.38. The molecule has 0 spiro atoms. The first kappa shape index (κ1) is 15.7. The molecule has 110 valence electrons. The third kappa shape index (κ3) is 4.14. The van der Waals surface area contributed by atoms with Gasteiger partial charge in [0.05, 0.1) is 5.69 Å². The second-order valence-corrected chi connectivity index (χ2v) is 5.44. The second-order valence-electron chi connectivity index (χ2n) is 4.32. The first-order valence-electron chi connectivity index (χ1n) is 6.65. The van der Waals surface area contributed by atoms with Crippen molar-refractivity contribution in [3.8, 4) is 6.07 Å². The van der Waals surface area contributed by atoms with Crippen molar-refractivity contribution < 1.29 is 4.79 Å². The van der Waals surface area contributed by atoms with Crippen molar-refractivity contribution in [1.82, 2.24) is 5.32 Å². The molecular weight excluding hydrogens is 294 g/mol.